The Hall–Kier alpha value is -2.28. The first kappa shape index (κ1) is 12.7. The monoisotopic (exact) mass is 335 g/mol. The summed E-state index contributed by atoms with van der Waals surface area (Å²) in [7, 11) is 0. The molecule has 20 heavy (non-hydrogen) atoms. The molecular weight excluding hydrogens is 329 g/mol. The second-order valence-electron chi connectivity index (χ2n) is 4.10. The highest BCUT2D eigenvalue weighted by molar-refractivity contribution is 9.10. The van der Waals surface area contributed by atoms with Crippen LogP contribution in [0.4, 0.5) is 4.39 Å². The number of aromatic nitrogens is 3. The van der Waals surface area contributed by atoms with E-state index in [0.29, 0.717) is 22.6 Å². The van der Waals surface area contributed by atoms with Crippen LogP contribution in [0.15, 0.2) is 34.9 Å². The van der Waals surface area contributed by atoms with Crippen LogP contribution in [0.1, 0.15) is 10.4 Å². The summed E-state index contributed by atoms with van der Waals surface area (Å²) in [6.07, 6.45) is 1.62. The molecule has 1 aromatic carbocycles. The van der Waals surface area contributed by atoms with Crippen LogP contribution >= 0.6 is 15.9 Å². The number of carboxylic acids is 1. The van der Waals surface area contributed by atoms with Gasteiger partial charge in [0.15, 0.2) is 5.82 Å². The summed E-state index contributed by atoms with van der Waals surface area (Å²) in [6, 6.07) is 5.87. The molecule has 3 rings (SSSR count). The number of nitrogens with one attached hydrogen (secondary N) is 1. The minimum Gasteiger partial charge on any atom is -0.478 e. The number of hydrogen-bond acceptors (Lipinski definition) is 3. The molecule has 0 aliphatic carbocycles. The molecule has 0 aliphatic heterocycles. The second kappa shape index (κ2) is 4.68. The number of rotatable bonds is 2. The molecule has 100 valence electrons. The molecular formula is C13H7BrFN3O2. The van der Waals surface area contributed by atoms with E-state index in [-0.39, 0.29) is 0 Å². The molecule has 0 spiro atoms. The molecule has 0 atom stereocenters. The van der Waals surface area contributed by atoms with Gasteiger partial charge in [-0.05, 0) is 34.1 Å². The van der Waals surface area contributed by atoms with Crippen LogP contribution in [0.25, 0.3) is 22.6 Å². The van der Waals surface area contributed by atoms with E-state index < -0.39 is 17.3 Å². The highest BCUT2D eigenvalue weighted by Gasteiger charge is 2.14. The molecule has 0 bridgehead atoms. The molecule has 0 amide bonds. The quantitative estimate of drug-likeness (QED) is 0.753. The first-order valence-corrected chi connectivity index (χ1v) is 6.38. The van der Waals surface area contributed by atoms with E-state index in [2.05, 4.69) is 30.9 Å². The maximum absolute atomic E-state index is 13.6. The largest absolute Gasteiger partial charge is 0.478 e. The average Bonchev–Trinajstić information content (AvgIpc) is 2.81. The SMILES string of the molecule is O=C(O)c1cc2nc(-c3ccc(Br)cn3)[nH]c2cc1F. The number of aromatic amines is 1. The van der Waals surface area contributed by atoms with Gasteiger partial charge in [0.2, 0.25) is 0 Å². The second-order valence-corrected chi connectivity index (χ2v) is 5.02. The van der Waals surface area contributed by atoms with Crippen LogP contribution in [0.2, 0.25) is 0 Å². The number of carbonyl (C=O) groups is 1. The molecule has 0 radical (unpaired) electrons. The standard InChI is InChI=1S/C13H7BrFN3O2/c14-6-1-2-9(16-5-6)12-17-10-3-7(13(19)20)8(15)4-11(10)18-12/h1-5H,(H,17,18)(H,19,20). The van der Waals surface area contributed by atoms with Gasteiger partial charge < -0.3 is 10.1 Å². The van der Waals surface area contributed by atoms with Gasteiger partial charge in [-0.15, -0.1) is 0 Å². The normalized spacial score (nSPS) is 10.9. The fourth-order valence-electron chi connectivity index (χ4n) is 1.83. The van der Waals surface area contributed by atoms with Gasteiger partial charge >= 0.3 is 5.97 Å². The number of imidazole rings is 1. The Labute approximate surface area is 120 Å². The van der Waals surface area contributed by atoms with Crippen LogP contribution in [-0.2, 0) is 0 Å². The molecule has 0 fully saturated rings. The summed E-state index contributed by atoms with van der Waals surface area (Å²) in [5.41, 5.74) is 0.983. The number of benzene rings is 1. The van der Waals surface area contributed by atoms with Gasteiger partial charge in [0.1, 0.15) is 11.5 Å². The average molecular weight is 336 g/mol. The van der Waals surface area contributed by atoms with Crippen molar-refractivity contribution in [2.75, 3.05) is 0 Å². The third-order valence-corrected chi connectivity index (χ3v) is 3.24. The third kappa shape index (κ3) is 2.16. The summed E-state index contributed by atoms with van der Waals surface area (Å²) in [6.45, 7) is 0. The van der Waals surface area contributed by atoms with E-state index in [0.717, 1.165) is 10.5 Å². The third-order valence-electron chi connectivity index (χ3n) is 2.77. The molecule has 0 saturated heterocycles. The molecule has 2 N–H and O–H groups in total. The van der Waals surface area contributed by atoms with E-state index in [1.54, 1.807) is 18.3 Å². The zero-order valence-corrected chi connectivity index (χ0v) is 11.5. The Balaban J connectivity index is 2.15. The predicted octanol–water partition coefficient (Wildman–Crippen LogP) is 3.22. The highest BCUT2D eigenvalue weighted by Crippen LogP contribution is 2.22. The minimum absolute atomic E-state index is 0.378. The Morgan fingerprint density at radius 3 is 2.80 bits per heavy atom. The molecule has 3 aromatic rings. The van der Waals surface area contributed by atoms with Gasteiger partial charge in [-0.2, -0.15) is 0 Å². The lowest BCUT2D eigenvalue weighted by Crippen LogP contribution is -1.99. The summed E-state index contributed by atoms with van der Waals surface area (Å²) in [4.78, 5) is 22.2. The van der Waals surface area contributed by atoms with Crippen molar-refractivity contribution in [1.29, 1.82) is 0 Å². The van der Waals surface area contributed by atoms with Crippen molar-refractivity contribution in [1.82, 2.24) is 15.0 Å². The summed E-state index contributed by atoms with van der Waals surface area (Å²) in [5.74, 6) is -1.67. The Morgan fingerprint density at radius 2 is 2.15 bits per heavy atom. The van der Waals surface area contributed by atoms with Gasteiger partial charge in [0, 0.05) is 16.7 Å². The van der Waals surface area contributed by atoms with Crippen molar-refractivity contribution in [2.24, 2.45) is 0 Å². The number of H-pyrrole nitrogens is 1. The Morgan fingerprint density at radius 1 is 1.35 bits per heavy atom. The first-order valence-electron chi connectivity index (χ1n) is 5.59. The highest BCUT2D eigenvalue weighted by atomic mass is 79.9. The maximum atomic E-state index is 13.6. The summed E-state index contributed by atoms with van der Waals surface area (Å²) < 4.78 is 14.4. The fourth-order valence-corrected chi connectivity index (χ4v) is 2.07. The van der Waals surface area contributed by atoms with Crippen molar-refractivity contribution in [3.05, 3.63) is 46.3 Å². The van der Waals surface area contributed by atoms with Crippen LogP contribution in [0, 0.1) is 5.82 Å². The van der Waals surface area contributed by atoms with E-state index in [1.807, 2.05) is 0 Å². The number of nitrogens with zero attached hydrogens (tertiary/aromatic N) is 2. The number of hydrogen-bond donors (Lipinski definition) is 2. The smallest absolute Gasteiger partial charge is 0.338 e. The summed E-state index contributed by atoms with van der Waals surface area (Å²) >= 11 is 3.28. The van der Waals surface area contributed by atoms with Crippen LogP contribution in [0.5, 0.6) is 0 Å². The molecule has 0 unspecified atom stereocenters. The maximum Gasteiger partial charge on any atom is 0.338 e. The van der Waals surface area contributed by atoms with Gasteiger partial charge in [-0.3, -0.25) is 4.98 Å². The molecule has 2 heterocycles. The number of pyridine rings is 1. The minimum atomic E-state index is -1.32. The van der Waals surface area contributed by atoms with Gasteiger partial charge in [-0.1, -0.05) is 0 Å². The van der Waals surface area contributed by atoms with Crippen molar-refractivity contribution < 1.29 is 14.3 Å². The molecule has 2 aromatic heterocycles. The van der Waals surface area contributed by atoms with Crippen LogP contribution in [0.3, 0.4) is 0 Å². The van der Waals surface area contributed by atoms with Gasteiger partial charge in [0.05, 0.1) is 16.6 Å². The van der Waals surface area contributed by atoms with Crippen molar-refractivity contribution in [3.63, 3.8) is 0 Å². The fraction of sp³-hybridized carbons (Fsp3) is 0. The van der Waals surface area contributed by atoms with Crippen LogP contribution in [-0.4, -0.2) is 26.0 Å². The van der Waals surface area contributed by atoms with E-state index >= 15 is 0 Å². The van der Waals surface area contributed by atoms with Crippen molar-refractivity contribution in [3.8, 4) is 11.5 Å². The van der Waals surface area contributed by atoms with Gasteiger partial charge in [-0.25, -0.2) is 14.2 Å². The number of aromatic carboxylic acids is 1. The lowest BCUT2D eigenvalue weighted by molar-refractivity contribution is 0.0692. The van der Waals surface area contributed by atoms with E-state index in [9.17, 15) is 9.18 Å². The van der Waals surface area contributed by atoms with Crippen molar-refractivity contribution in [2.45, 2.75) is 0 Å². The van der Waals surface area contributed by atoms with Crippen LogP contribution < -0.4 is 0 Å². The number of carboxylic acid groups (broad SMARTS) is 1. The lowest BCUT2D eigenvalue weighted by Gasteiger charge is -1.95. The topological polar surface area (TPSA) is 78.9 Å². The number of fused-ring (bicyclic) bond motifs is 1. The van der Waals surface area contributed by atoms with Crippen molar-refractivity contribution >= 4 is 32.9 Å². The Kier molecular flexibility index (Phi) is 2.98. The molecule has 5 nitrogen and oxygen atoms in total. The van der Waals surface area contributed by atoms with Gasteiger partial charge in [0.25, 0.3) is 0 Å². The first-order chi connectivity index (χ1) is 9.54. The number of halogens is 2. The lowest BCUT2D eigenvalue weighted by atomic mass is 10.2. The van der Waals surface area contributed by atoms with E-state index in [4.69, 9.17) is 5.11 Å². The van der Waals surface area contributed by atoms with E-state index in [1.165, 1.54) is 6.07 Å². The molecule has 7 heteroatoms. The molecule has 0 saturated carbocycles. The zero-order chi connectivity index (χ0) is 14.3. The zero-order valence-electron chi connectivity index (χ0n) is 9.89. The Bertz CT molecular complexity index is 814. The predicted molar refractivity (Wildman–Crippen MR) is 73.9 cm³/mol. The summed E-state index contributed by atoms with van der Waals surface area (Å²) in [5, 5.41) is 8.88. The molecule has 0 aliphatic rings.